The molecule has 0 fully saturated rings. The molecule has 2 N–H and O–H groups in total. The summed E-state index contributed by atoms with van der Waals surface area (Å²) in [5.41, 5.74) is 3.89. The fourth-order valence-corrected chi connectivity index (χ4v) is 5.22. The molecule has 0 saturated heterocycles. The Morgan fingerprint density at radius 1 is 0.895 bits per heavy atom. The molecular weight excluding hydrogens is 500 g/mol. The minimum absolute atomic E-state index is 0.0247. The normalized spacial score (nSPS) is 11.2. The van der Waals surface area contributed by atoms with Crippen LogP contribution in [0.5, 0.6) is 0 Å². The highest BCUT2D eigenvalue weighted by molar-refractivity contribution is 7.15. The summed E-state index contributed by atoms with van der Waals surface area (Å²) in [5.74, 6) is -0.182. The number of benzene rings is 2. The van der Waals surface area contributed by atoms with Crippen molar-refractivity contribution < 1.29 is 19.5 Å². The van der Waals surface area contributed by atoms with E-state index in [4.69, 9.17) is 0 Å². The van der Waals surface area contributed by atoms with Crippen LogP contribution in [0, 0.1) is 0 Å². The maximum atomic E-state index is 12.1. The first kappa shape index (κ1) is 28.8. The number of aryl methyl sites for hydroxylation is 4. The first-order valence-corrected chi connectivity index (χ1v) is 13.4. The Kier molecular flexibility index (Phi) is 9.27. The molecule has 0 bridgehead atoms. The van der Waals surface area contributed by atoms with E-state index in [1.807, 2.05) is 69.3 Å². The third kappa shape index (κ3) is 7.64. The molecule has 1 aromatic heterocycles. The van der Waals surface area contributed by atoms with Crippen LogP contribution in [-0.2, 0) is 30.5 Å². The zero-order valence-electron chi connectivity index (χ0n) is 22.9. The lowest BCUT2D eigenvalue weighted by molar-refractivity contribution is -0.114. The molecule has 0 aliphatic heterocycles. The van der Waals surface area contributed by atoms with Gasteiger partial charge in [0, 0.05) is 42.7 Å². The predicted molar refractivity (Wildman–Crippen MR) is 152 cm³/mol. The Morgan fingerprint density at radius 2 is 1.45 bits per heavy atom. The molecule has 2 aromatic carbocycles. The summed E-state index contributed by atoms with van der Waals surface area (Å²) in [6.45, 7) is 7.06. The molecule has 0 spiro atoms. The number of amides is 3. The highest BCUT2D eigenvalue weighted by Gasteiger charge is 2.27. The Hall–Kier alpha value is -3.72. The van der Waals surface area contributed by atoms with Crippen molar-refractivity contribution in [2.24, 2.45) is 0 Å². The monoisotopic (exact) mass is 536 g/mol. The zero-order chi connectivity index (χ0) is 28.0. The van der Waals surface area contributed by atoms with Gasteiger partial charge in [-0.05, 0) is 81.8 Å². The molecule has 0 radical (unpaired) electrons. The molecule has 0 saturated carbocycles. The Bertz CT molecular complexity index is 1280. The summed E-state index contributed by atoms with van der Waals surface area (Å²) in [6.07, 6.45) is 2.01. The topological polar surface area (TPSA) is 103 Å². The number of hydrogen-bond donors (Lipinski definition) is 2. The third-order valence-corrected chi connectivity index (χ3v) is 7.09. The first-order valence-electron chi connectivity index (χ1n) is 12.5. The van der Waals surface area contributed by atoms with Gasteiger partial charge in [0.1, 0.15) is 0 Å². The molecule has 9 heteroatoms. The van der Waals surface area contributed by atoms with Gasteiger partial charge in [-0.15, -0.1) is 11.3 Å². The van der Waals surface area contributed by atoms with Crippen LogP contribution in [0.15, 0.2) is 48.5 Å². The van der Waals surface area contributed by atoms with Crippen molar-refractivity contribution in [1.29, 1.82) is 0 Å². The summed E-state index contributed by atoms with van der Waals surface area (Å²) in [4.78, 5) is 44.2. The molecule has 0 aliphatic rings. The van der Waals surface area contributed by atoms with Gasteiger partial charge in [0.25, 0.3) is 5.91 Å². The summed E-state index contributed by atoms with van der Waals surface area (Å²) in [6, 6.07) is 15.2. The number of rotatable bonds is 9. The van der Waals surface area contributed by atoms with E-state index in [-0.39, 0.29) is 11.8 Å². The highest BCUT2D eigenvalue weighted by atomic mass is 32.1. The molecule has 38 heavy (non-hydrogen) atoms. The molecule has 0 atom stereocenters. The van der Waals surface area contributed by atoms with Crippen LogP contribution in [0.3, 0.4) is 0 Å². The van der Waals surface area contributed by atoms with Gasteiger partial charge in [0.15, 0.2) is 5.13 Å². The molecule has 202 valence electrons. The Labute approximate surface area is 228 Å². The number of nitrogens with one attached hydrogen (secondary N) is 1. The van der Waals surface area contributed by atoms with Crippen molar-refractivity contribution in [1.82, 2.24) is 9.88 Å². The predicted octanol–water partition coefficient (Wildman–Crippen LogP) is 5.66. The third-order valence-electron chi connectivity index (χ3n) is 6.02. The van der Waals surface area contributed by atoms with Gasteiger partial charge >= 0.3 is 6.09 Å². The van der Waals surface area contributed by atoms with E-state index >= 15 is 0 Å². The highest BCUT2D eigenvalue weighted by Crippen LogP contribution is 2.28. The average Bonchev–Trinajstić information content (AvgIpc) is 3.21. The van der Waals surface area contributed by atoms with Crippen molar-refractivity contribution >= 4 is 40.1 Å². The number of aromatic nitrogens is 1. The van der Waals surface area contributed by atoms with Crippen LogP contribution >= 0.6 is 11.3 Å². The largest absolute Gasteiger partial charge is 0.465 e. The van der Waals surface area contributed by atoms with Crippen molar-refractivity contribution in [2.75, 3.05) is 24.3 Å². The first-order chi connectivity index (χ1) is 17.8. The molecule has 3 amide bonds. The smallest absolute Gasteiger partial charge is 0.412 e. The number of carboxylic acid groups (broad SMARTS) is 1. The van der Waals surface area contributed by atoms with E-state index in [2.05, 4.69) is 10.3 Å². The van der Waals surface area contributed by atoms with Gasteiger partial charge in [0.2, 0.25) is 5.91 Å². The van der Waals surface area contributed by atoms with E-state index in [1.54, 1.807) is 19.0 Å². The number of anilines is 2. The minimum Gasteiger partial charge on any atom is -0.465 e. The molecule has 3 aromatic rings. The van der Waals surface area contributed by atoms with Gasteiger partial charge in [-0.25, -0.2) is 9.78 Å². The fraction of sp³-hybridized carbons (Fsp3) is 0.379. The molecule has 1 heterocycles. The standard InChI is InChI=1S/C29H36N4O4S/c1-19(34)30-27-31-24(17-11-21-9-15-23(16-10-21)33(28(36)37)29(2,3)4)25(38-27)18-12-20-7-13-22(14-8-20)26(35)32(5)6/h7-10,13-16H,11-12,17-18H2,1-6H3,(H,36,37)(H,30,31,34). The molecule has 8 nitrogen and oxygen atoms in total. The Balaban J connectivity index is 1.71. The minimum atomic E-state index is -0.984. The summed E-state index contributed by atoms with van der Waals surface area (Å²) < 4.78 is 0. The van der Waals surface area contributed by atoms with E-state index in [0.717, 1.165) is 41.0 Å². The van der Waals surface area contributed by atoms with Crippen LogP contribution in [-0.4, -0.2) is 52.5 Å². The number of nitrogens with zero attached hydrogens (tertiary/aromatic N) is 3. The lowest BCUT2D eigenvalue weighted by atomic mass is 10.0. The van der Waals surface area contributed by atoms with Crippen molar-refractivity contribution in [3.63, 3.8) is 0 Å². The Morgan fingerprint density at radius 3 is 1.95 bits per heavy atom. The summed E-state index contributed by atoms with van der Waals surface area (Å²) in [7, 11) is 3.47. The van der Waals surface area contributed by atoms with Gasteiger partial charge in [-0.1, -0.05) is 24.3 Å². The maximum absolute atomic E-state index is 12.1. The van der Waals surface area contributed by atoms with Crippen LogP contribution in [0.25, 0.3) is 0 Å². The molecule has 3 rings (SSSR count). The van der Waals surface area contributed by atoms with Crippen LogP contribution < -0.4 is 10.2 Å². The summed E-state index contributed by atoms with van der Waals surface area (Å²) >= 11 is 1.49. The van der Waals surface area contributed by atoms with Gasteiger partial charge in [-0.3, -0.25) is 14.5 Å². The lowest BCUT2D eigenvalue weighted by Gasteiger charge is -2.33. The van der Waals surface area contributed by atoms with Crippen LogP contribution in [0.1, 0.15) is 59.8 Å². The summed E-state index contributed by atoms with van der Waals surface area (Å²) in [5, 5.41) is 13.0. The number of hydrogen-bond acceptors (Lipinski definition) is 5. The maximum Gasteiger partial charge on any atom is 0.412 e. The molecule has 0 aliphatic carbocycles. The van der Waals surface area contributed by atoms with Crippen LogP contribution in [0.4, 0.5) is 15.6 Å². The number of carbonyl (C=O) groups excluding carboxylic acids is 2. The number of carbonyl (C=O) groups is 3. The van der Waals surface area contributed by atoms with Gasteiger partial charge in [-0.2, -0.15) is 0 Å². The van der Waals surface area contributed by atoms with E-state index in [0.29, 0.717) is 22.8 Å². The van der Waals surface area contributed by atoms with Gasteiger partial charge in [0.05, 0.1) is 5.69 Å². The second kappa shape index (κ2) is 12.2. The van der Waals surface area contributed by atoms with Crippen molar-refractivity contribution in [3.05, 3.63) is 75.8 Å². The number of thiazole rings is 1. The second-order valence-corrected chi connectivity index (χ2v) is 11.5. The second-order valence-electron chi connectivity index (χ2n) is 10.4. The SMILES string of the molecule is CC(=O)Nc1nc(CCc2ccc(N(C(=O)O)C(C)(C)C)cc2)c(CCc2ccc(C(=O)N(C)C)cc2)s1. The van der Waals surface area contributed by atoms with Crippen molar-refractivity contribution in [3.8, 4) is 0 Å². The fourth-order valence-electron chi connectivity index (χ4n) is 4.17. The van der Waals surface area contributed by atoms with Gasteiger partial charge < -0.3 is 15.3 Å². The molecular formula is C29H36N4O4S. The zero-order valence-corrected chi connectivity index (χ0v) is 23.7. The van der Waals surface area contributed by atoms with E-state index < -0.39 is 11.6 Å². The quantitative estimate of drug-likeness (QED) is 0.368. The molecule has 0 unspecified atom stereocenters. The van der Waals surface area contributed by atoms with Crippen molar-refractivity contribution in [2.45, 2.75) is 58.9 Å². The lowest BCUT2D eigenvalue weighted by Crippen LogP contribution is -2.45. The van der Waals surface area contributed by atoms with E-state index in [9.17, 15) is 19.5 Å². The van der Waals surface area contributed by atoms with E-state index in [1.165, 1.54) is 23.2 Å². The average molecular weight is 537 g/mol. The van der Waals surface area contributed by atoms with Crippen LogP contribution in [0.2, 0.25) is 0 Å².